The average molecular weight is 286 g/mol. The second-order valence-corrected chi connectivity index (χ2v) is 5.94. The fraction of sp³-hybridized carbons (Fsp3) is 0.500. The molecule has 0 saturated heterocycles. The topological polar surface area (TPSA) is 36.1 Å². The van der Waals surface area contributed by atoms with Crippen molar-refractivity contribution >= 4 is 16.7 Å². The number of aromatic nitrogens is 1. The molecule has 0 unspecified atom stereocenters. The van der Waals surface area contributed by atoms with Crippen LogP contribution in [0.1, 0.15) is 50.4 Å². The number of carbonyl (C=O) groups excluding carboxylic acids is 1. The molecule has 0 aliphatic heterocycles. The van der Waals surface area contributed by atoms with Gasteiger partial charge in [-0.15, -0.1) is 0 Å². The van der Waals surface area contributed by atoms with Crippen LogP contribution in [-0.4, -0.2) is 34.8 Å². The van der Waals surface area contributed by atoms with Crippen molar-refractivity contribution in [3.05, 3.63) is 36.0 Å². The number of ketones is 1. The van der Waals surface area contributed by atoms with Crippen molar-refractivity contribution < 1.29 is 4.79 Å². The Kier molecular flexibility index (Phi) is 5.57. The van der Waals surface area contributed by atoms with Crippen molar-refractivity contribution in [2.24, 2.45) is 0 Å². The lowest BCUT2D eigenvalue weighted by molar-refractivity contribution is 0.0905. The summed E-state index contributed by atoms with van der Waals surface area (Å²) in [6, 6.07) is 8.38. The lowest BCUT2D eigenvalue weighted by atomic mass is 10.1. The maximum atomic E-state index is 12.6. The summed E-state index contributed by atoms with van der Waals surface area (Å²) >= 11 is 0. The second-order valence-electron chi connectivity index (χ2n) is 5.94. The molecular weight excluding hydrogens is 260 g/mol. The predicted molar refractivity (Wildman–Crippen MR) is 88.9 cm³/mol. The zero-order valence-electron chi connectivity index (χ0n) is 13.4. The van der Waals surface area contributed by atoms with Gasteiger partial charge in [0.2, 0.25) is 0 Å². The van der Waals surface area contributed by atoms with E-state index in [1.165, 1.54) is 12.8 Å². The summed E-state index contributed by atoms with van der Waals surface area (Å²) in [5.41, 5.74) is 1.84. The van der Waals surface area contributed by atoms with Crippen molar-refractivity contribution in [3.63, 3.8) is 0 Å². The minimum absolute atomic E-state index is 0.206. The van der Waals surface area contributed by atoms with Gasteiger partial charge in [-0.05, 0) is 32.9 Å². The van der Waals surface area contributed by atoms with Crippen molar-refractivity contribution in [2.75, 3.05) is 13.1 Å². The van der Waals surface area contributed by atoms with E-state index in [0.717, 1.165) is 29.4 Å². The number of unbranched alkanes of at least 4 members (excludes halogenated alkanes) is 2. The van der Waals surface area contributed by atoms with Gasteiger partial charge in [0.25, 0.3) is 0 Å². The number of benzene rings is 1. The van der Waals surface area contributed by atoms with Crippen molar-refractivity contribution in [3.8, 4) is 0 Å². The molecule has 0 spiro atoms. The number of nitrogens with one attached hydrogen (secondary N) is 1. The van der Waals surface area contributed by atoms with E-state index in [2.05, 4.69) is 30.7 Å². The third-order valence-corrected chi connectivity index (χ3v) is 4.02. The molecular formula is C18H26N2O. The Bertz CT molecular complexity index is 586. The molecule has 1 heterocycles. The van der Waals surface area contributed by atoms with E-state index >= 15 is 0 Å². The van der Waals surface area contributed by atoms with E-state index < -0.39 is 0 Å². The van der Waals surface area contributed by atoms with Crippen molar-refractivity contribution in [2.45, 2.75) is 46.1 Å². The lowest BCUT2D eigenvalue weighted by Crippen LogP contribution is -2.36. The van der Waals surface area contributed by atoms with Gasteiger partial charge in [-0.3, -0.25) is 9.69 Å². The molecule has 2 aromatic rings. The fourth-order valence-electron chi connectivity index (χ4n) is 2.66. The minimum Gasteiger partial charge on any atom is -0.360 e. The van der Waals surface area contributed by atoms with Gasteiger partial charge in [-0.2, -0.15) is 0 Å². The summed E-state index contributed by atoms with van der Waals surface area (Å²) in [6.45, 7) is 8.03. The summed E-state index contributed by atoms with van der Waals surface area (Å²) in [6.07, 6.45) is 5.44. The number of nitrogens with zero attached hydrogens (tertiary/aromatic N) is 1. The van der Waals surface area contributed by atoms with Crippen LogP contribution in [-0.2, 0) is 0 Å². The number of Topliss-reactive ketones (excluding diaryl/α,β-unsaturated/α-hetero) is 1. The van der Waals surface area contributed by atoms with Crippen LogP contribution < -0.4 is 0 Å². The number of rotatable bonds is 8. The van der Waals surface area contributed by atoms with E-state index in [9.17, 15) is 4.79 Å². The molecule has 114 valence electrons. The Hall–Kier alpha value is -1.61. The van der Waals surface area contributed by atoms with Gasteiger partial charge in [0.1, 0.15) is 0 Å². The highest BCUT2D eigenvalue weighted by molar-refractivity contribution is 6.08. The second kappa shape index (κ2) is 7.41. The van der Waals surface area contributed by atoms with Crippen LogP contribution in [0.25, 0.3) is 10.9 Å². The van der Waals surface area contributed by atoms with Gasteiger partial charge in [-0.1, -0.05) is 38.0 Å². The number of carbonyl (C=O) groups is 1. The molecule has 0 saturated carbocycles. The van der Waals surface area contributed by atoms with Crippen LogP contribution in [0.15, 0.2) is 30.5 Å². The molecule has 0 aliphatic carbocycles. The Morgan fingerprint density at radius 1 is 1.24 bits per heavy atom. The normalized spacial score (nSPS) is 11.7. The molecule has 1 N–H and O–H groups in total. The van der Waals surface area contributed by atoms with Gasteiger partial charge in [-0.25, -0.2) is 0 Å². The first kappa shape index (κ1) is 15.8. The first-order valence-corrected chi connectivity index (χ1v) is 7.96. The van der Waals surface area contributed by atoms with Crippen LogP contribution in [0.3, 0.4) is 0 Å². The molecule has 1 aromatic carbocycles. The first-order valence-electron chi connectivity index (χ1n) is 7.96. The zero-order valence-corrected chi connectivity index (χ0v) is 13.4. The number of hydrogen-bond acceptors (Lipinski definition) is 2. The molecule has 21 heavy (non-hydrogen) atoms. The highest BCUT2D eigenvalue weighted by atomic mass is 16.1. The van der Waals surface area contributed by atoms with Crippen LogP contribution in [0.2, 0.25) is 0 Å². The highest BCUT2D eigenvalue weighted by Gasteiger charge is 2.17. The monoisotopic (exact) mass is 286 g/mol. The molecule has 0 bridgehead atoms. The van der Waals surface area contributed by atoms with Gasteiger partial charge in [0.15, 0.2) is 5.78 Å². The number of H-pyrrole nitrogens is 1. The molecule has 3 heteroatoms. The number of para-hydroxylation sites is 1. The molecule has 3 nitrogen and oxygen atoms in total. The summed E-state index contributed by atoms with van der Waals surface area (Å²) in [4.78, 5) is 18.1. The molecule has 1 aromatic heterocycles. The number of aromatic amines is 1. The highest BCUT2D eigenvalue weighted by Crippen LogP contribution is 2.19. The molecule has 0 atom stereocenters. The van der Waals surface area contributed by atoms with Gasteiger partial charge < -0.3 is 4.98 Å². The lowest BCUT2D eigenvalue weighted by Gasteiger charge is -2.25. The Morgan fingerprint density at radius 3 is 2.71 bits per heavy atom. The molecule has 0 aliphatic rings. The summed E-state index contributed by atoms with van der Waals surface area (Å²) < 4.78 is 0. The first-order chi connectivity index (χ1) is 10.1. The van der Waals surface area contributed by atoms with E-state index in [-0.39, 0.29) is 5.78 Å². The third kappa shape index (κ3) is 3.94. The Labute approximate surface area is 127 Å². The van der Waals surface area contributed by atoms with E-state index in [0.29, 0.717) is 12.6 Å². The maximum absolute atomic E-state index is 12.6. The van der Waals surface area contributed by atoms with E-state index in [1.807, 2.05) is 30.5 Å². The van der Waals surface area contributed by atoms with Crippen LogP contribution in [0, 0.1) is 0 Å². The van der Waals surface area contributed by atoms with Gasteiger partial charge in [0.05, 0.1) is 6.54 Å². The van der Waals surface area contributed by atoms with Crippen LogP contribution >= 0.6 is 0 Å². The number of fused-ring (bicyclic) bond motifs is 1. The SMILES string of the molecule is CCCCCN(CC(=O)c1c[nH]c2ccccc12)C(C)C. The van der Waals surface area contributed by atoms with Crippen LogP contribution in [0.5, 0.6) is 0 Å². The average Bonchev–Trinajstić information content (AvgIpc) is 2.90. The predicted octanol–water partition coefficient (Wildman–Crippen LogP) is 4.25. The molecule has 2 rings (SSSR count). The van der Waals surface area contributed by atoms with Crippen LogP contribution in [0.4, 0.5) is 0 Å². The van der Waals surface area contributed by atoms with E-state index in [4.69, 9.17) is 0 Å². The summed E-state index contributed by atoms with van der Waals surface area (Å²) in [7, 11) is 0. The number of hydrogen-bond donors (Lipinski definition) is 1. The van der Waals surface area contributed by atoms with E-state index in [1.54, 1.807) is 0 Å². The Morgan fingerprint density at radius 2 is 2.00 bits per heavy atom. The largest absolute Gasteiger partial charge is 0.360 e. The minimum atomic E-state index is 0.206. The van der Waals surface area contributed by atoms with Crippen molar-refractivity contribution in [1.82, 2.24) is 9.88 Å². The third-order valence-electron chi connectivity index (χ3n) is 4.02. The summed E-state index contributed by atoms with van der Waals surface area (Å²) in [5, 5.41) is 1.03. The molecule has 0 radical (unpaired) electrons. The molecule has 0 amide bonds. The van der Waals surface area contributed by atoms with Gasteiger partial charge in [0, 0.05) is 28.7 Å². The maximum Gasteiger partial charge on any atom is 0.178 e. The van der Waals surface area contributed by atoms with Crippen molar-refractivity contribution in [1.29, 1.82) is 0 Å². The standard InChI is InChI=1S/C18H26N2O/c1-4-5-8-11-20(14(2)3)13-18(21)16-12-19-17-10-7-6-9-15(16)17/h6-7,9-10,12,14,19H,4-5,8,11,13H2,1-3H3. The smallest absolute Gasteiger partial charge is 0.178 e. The fourth-order valence-corrected chi connectivity index (χ4v) is 2.66. The zero-order chi connectivity index (χ0) is 15.2. The Balaban J connectivity index is 2.08. The molecule has 0 fully saturated rings. The van der Waals surface area contributed by atoms with Gasteiger partial charge >= 0.3 is 0 Å². The quantitative estimate of drug-likeness (QED) is 0.581. The summed E-state index contributed by atoms with van der Waals surface area (Å²) in [5.74, 6) is 0.206.